The Kier molecular flexibility index (Phi) is 8.13. The number of nitrogens with one attached hydrogen (secondary N) is 2. The van der Waals surface area contributed by atoms with Crippen LogP contribution in [0.2, 0.25) is 0 Å². The number of amides is 3. The van der Waals surface area contributed by atoms with Gasteiger partial charge in [0.15, 0.2) is 0 Å². The lowest BCUT2D eigenvalue weighted by molar-refractivity contribution is -0.125. The number of benzene rings is 1. The highest BCUT2D eigenvalue weighted by atomic mass is 16.5. The summed E-state index contributed by atoms with van der Waals surface area (Å²) < 4.78 is 5.36. The SMILES string of the molecule is COc1ccccc1N(CC(=O)NC(C)(C)C)C(=O)CCC(=O)Nc1cc(C)ccn1. The zero-order valence-electron chi connectivity index (χ0n) is 18.7. The number of aromatic nitrogens is 1. The molecule has 0 bridgehead atoms. The number of carbonyl (C=O) groups excluding carboxylic acids is 3. The Hall–Kier alpha value is -3.42. The van der Waals surface area contributed by atoms with Gasteiger partial charge in [0.05, 0.1) is 12.8 Å². The second-order valence-electron chi connectivity index (χ2n) is 8.22. The van der Waals surface area contributed by atoms with Gasteiger partial charge >= 0.3 is 0 Å². The summed E-state index contributed by atoms with van der Waals surface area (Å²) in [5.74, 6) is -0.0944. The van der Waals surface area contributed by atoms with Gasteiger partial charge in [0, 0.05) is 24.6 Å². The summed E-state index contributed by atoms with van der Waals surface area (Å²) >= 11 is 0. The highest BCUT2D eigenvalue weighted by Gasteiger charge is 2.24. The van der Waals surface area contributed by atoms with Gasteiger partial charge in [-0.2, -0.15) is 0 Å². The number of anilines is 2. The fourth-order valence-corrected chi connectivity index (χ4v) is 2.93. The molecule has 0 aliphatic carbocycles. The number of rotatable bonds is 8. The third kappa shape index (κ3) is 7.73. The lowest BCUT2D eigenvalue weighted by atomic mass is 10.1. The normalized spacial score (nSPS) is 10.9. The molecule has 0 unspecified atom stereocenters. The molecule has 8 nitrogen and oxygen atoms in total. The number of para-hydroxylation sites is 2. The zero-order chi connectivity index (χ0) is 23.0. The molecular weight excluding hydrogens is 396 g/mol. The van der Waals surface area contributed by atoms with Crippen LogP contribution in [0.4, 0.5) is 11.5 Å². The van der Waals surface area contributed by atoms with Crippen LogP contribution in [0.1, 0.15) is 39.2 Å². The summed E-state index contributed by atoms with van der Waals surface area (Å²) in [7, 11) is 1.50. The van der Waals surface area contributed by atoms with E-state index in [9.17, 15) is 14.4 Å². The van der Waals surface area contributed by atoms with E-state index in [1.54, 1.807) is 36.5 Å². The van der Waals surface area contributed by atoms with E-state index in [-0.39, 0.29) is 37.1 Å². The van der Waals surface area contributed by atoms with Crippen molar-refractivity contribution in [1.29, 1.82) is 0 Å². The largest absolute Gasteiger partial charge is 0.495 e. The van der Waals surface area contributed by atoms with Gasteiger partial charge in [-0.05, 0) is 57.5 Å². The van der Waals surface area contributed by atoms with E-state index in [4.69, 9.17) is 4.74 Å². The molecule has 0 aliphatic heterocycles. The zero-order valence-corrected chi connectivity index (χ0v) is 18.7. The third-order valence-corrected chi connectivity index (χ3v) is 4.24. The van der Waals surface area contributed by atoms with Crippen molar-refractivity contribution in [1.82, 2.24) is 10.3 Å². The molecule has 31 heavy (non-hydrogen) atoms. The van der Waals surface area contributed by atoms with Crippen LogP contribution in [0.15, 0.2) is 42.6 Å². The highest BCUT2D eigenvalue weighted by Crippen LogP contribution is 2.28. The summed E-state index contributed by atoms with van der Waals surface area (Å²) in [6, 6.07) is 10.5. The van der Waals surface area contributed by atoms with Crippen LogP contribution in [-0.4, -0.2) is 41.9 Å². The Morgan fingerprint density at radius 3 is 2.42 bits per heavy atom. The molecule has 1 aromatic heterocycles. The lowest BCUT2D eigenvalue weighted by Gasteiger charge is -2.27. The quantitative estimate of drug-likeness (QED) is 0.676. The minimum absolute atomic E-state index is 0.0407. The molecule has 2 aromatic rings. The minimum atomic E-state index is -0.437. The van der Waals surface area contributed by atoms with E-state index in [0.29, 0.717) is 17.3 Å². The predicted octanol–water partition coefficient (Wildman–Crippen LogP) is 3.07. The van der Waals surface area contributed by atoms with Crippen molar-refractivity contribution in [3.63, 3.8) is 0 Å². The number of nitrogens with zero attached hydrogens (tertiary/aromatic N) is 2. The van der Waals surface area contributed by atoms with Crippen molar-refractivity contribution in [3.05, 3.63) is 48.2 Å². The summed E-state index contributed by atoms with van der Waals surface area (Å²) in [4.78, 5) is 43.3. The van der Waals surface area contributed by atoms with Crippen LogP contribution in [-0.2, 0) is 14.4 Å². The Morgan fingerprint density at radius 1 is 1.06 bits per heavy atom. The molecule has 0 fully saturated rings. The van der Waals surface area contributed by atoms with Crippen LogP contribution in [0.5, 0.6) is 5.75 Å². The first-order valence-corrected chi connectivity index (χ1v) is 10.1. The summed E-state index contributed by atoms with van der Waals surface area (Å²) in [5.41, 5.74) is 1.00. The van der Waals surface area contributed by atoms with E-state index < -0.39 is 5.54 Å². The molecule has 2 rings (SSSR count). The number of ether oxygens (including phenoxy) is 1. The summed E-state index contributed by atoms with van der Waals surface area (Å²) in [6.07, 6.45) is 1.49. The molecule has 2 N–H and O–H groups in total. The molecule has 0 atom stereocenters. The molecule has 1 aromatic carbocycles. The average Bonchev–Trinajstić information content (AvgIpc) is 2.69. The molecule has 166 valence electrons. The molecule has 3 amide bonds. The van der Waals surface area contributed by atoms with Crippen molar-refractivity contribution in [2.24, 2.45) is 0 Å². The summed E-state index contributed by atoms with van der Waals surface area (Å²) in [5, 5.41) is 5.54. The van der Waals surface area contributed by atoms with Gasteiger partial charge in [0.2, 0.25) is 17.7 Å². The van der Waals surface area contributed by atoms with Crippen LogP contribution in [0.25, 0.3) is 0 Å². The Morgan fingerprint density at radius 2 is 1.77 bits per heavy atom. The fraction of sp³-hybridized carbons (Fsp3) is 0.391. The molecule has 1 heterocycles. The van der Waals surface area contributed by atoms with Crippen LogP contribution in [0, 0.1) is 6.92 Å². The van der Waals surface area contributed by atoms with Gasteiger partial charge in [-0.25, -0.2) is 4.98 Å². The van der Waals surface area contributed by atoms with Crippen LogP contribution < -0.4 is 20.3 Å². The topological polar surface area (TPSA) is 101 Å². The maximum atomic E-state index is 13.0. The number of aryl methyl sites for hydroxylation is 1. The third-order valence-electron chi connectivity index (χ3n) is 4.24. The minimum Gasteiger partial charge on any atom is -0.495 e. The number of pyridine rings is 1. The molecular formula is C23H30N4O4. The standard InChI is InChI=1S/C23H30N4O4/c1-16-12-13-24-19(14-16)25-20(28)10-11-22(30)27(15-21(29)26-23(2,3)4)17-8-6-7-9-18(17)31-5/h6-9,12-14H,10-11,15H2,1-5H3,(H,26,29)(H,24,25,28). The summed E-state index contributed by atoms with van der Waals surface area (Å²) in [6.45, 7) is 7.31. The highest BCUT2D eigenvalue weighted by molar-refractivity contribution is 6.02. The molecule has 0 saturated heterocycles. The molecule has 0 aliphatic rings. The predicted molar refractivity (Wildman–Crippen MR) is 120 cm³/mol. The lowest BCUT2D eigenvalue weighted by Crippen LogP contribution is -2.47. The second kappa shape index (κ2) is 10.6. The average molecular weight is 427 g/mol. The molecule has 8 heteroatoms. The van der Waals surface area contributed by atoms with Crippen molar-refractivity contribution in [2.45, 2.75) is 46.1 Å². The van der Waals surface area contributed by atoms with Gasteiger partial charge in [0.25, 0.3) is 0 Å². The maximum absolute atomic E-state index is 13.0. The Labute approximate surface area is 183 Å². The monoisotopic (exact) mass is 426 g/mol. The van der Waals surface area contributed by atoms with E-state index in [1.165, 1.54) is 12.0 Å². The van der Waals surface area contributed by atoms with Crippen LogP contribution >= 0.6 is 0 Å². The van der Waals surface area contributed by atoms with E-state index in [1.807, 2.05) is 33.8 Å². The van der Waals surface area contributed by atoms with E-state index in [0.717, 1.165) is 5.56 Å². The van der Waals surface area contributed by atoms with Crippen molar-refractivity contribution >= 4 is 29.2 Å². The Bertz CT molecular complexity index is 937. The van der Waals surface area contributed by atoms with E-state index in [2.05, 4.69) is 15.6 Å². The van der Waals surface area contributed by atoms with Gasteiger partial charge in [-0.1, -0.05) is 12.1 Å². The second-order valence-corrected chi connectivity index (χ2v) is 8.22. The van der Waals surface area contributed by atoms with E-state index >= 15 is 0 Å². The molecule has 0 spiro atoms. The van der Waals surface area contributed by atoms with Gasteiger partial charge in [-0.3, -0.25) is 19.3 Å². The van der Waals surface area contributed by atoms with Gasteiger partial charge in [-0.15, -0.1) is 0 Å². The molecule has 0 saturated carbocycles. The van der Waals surface area contributed by atoms with Gasteiger partial charge < -0.3 is 15.4 Å². The van der Waals surface area contributed by atoms with Crippen molar-refractivity contribution in [3.8, 4) is 5.75 Å². The maximum Gasteiger partial charge on any atom is 0.240 e. The number of methoxy groups -OCH3 is 1. The number of hydrogen-bond donors (Lipinski definition) is 2. The molecule has 0 radical (unpaired) electrons. The van der Waals surface area contributed by atoms with Crippen LogP contribution in [0.3, 0.4) is 0 Å². The van der Waals surface area contributed by atoms with Crippen molar-refractivity contribution < 1.29 is 19.1 Å². The van der Waals surface area contributed by atoms with Gasteiger partial charge in [0.1, 0.15) is 18.1 Å². The number of hydrogen-bond acceptors (Lipinski definition) is 5. The smallest absolute Gasteiger partial charge is 0.240 e. The Balaban J connectivity index is 2.12. The first kappa shape index (κ1) is 23.9. The van der Waals surface area contributed by atoms with Crippen molar-refractivity contribution in [2.75, 3.05) is 23.9 Å². The fourth-order valence-electron chi connectivity index (χ4n) is 2.93. The first-order valence-electron chi connectivity index (χ1n) is 10.1. The first-order chi connectivity index (χ1) is 14.6. The number of carbonyl (C=O) groups is 3.